The van der Waals surface area contributed by atoms with Gasteiger partial charge in [0.1, 0.15) is 11.7 Å². The van der Waals surface area contributed by atoms with E-state index in [1.165, 1.54) is 9.58 Å². The third kappa shape index (κ3) is 4.00. The van der Waals surface area contributed by atoms with Gasteiger partial charge in [0.15, 0.2) is 0 Å². The van der Waals surface area contributed by atoms with Crippen LogP contribution in [-0.2, 0) is 34.0 Å². The molecule has 30 heavy (non-hydrogen) atoms. The quantitative estimate of drug-likeness (QED) is 0.544. The van der Waals surface area contributed by atoms with E-state index in [9.17, 15) is 19.2 Å². The number of rotatable bonds is 7. The van der Waals surface area contributed by atoms with Crippen molar-refractivity contribution in [2.45, 2.75) is 44.9 Å². The van der Waals surface area contributed by atoms with Crippen LogP contribution in [0, 0.1) is 0 Å². The van der Waals surface area contributed by atoms with Crippen LogP contribution in [-0.4, -0.2) is 54.7 Å². The number of hydrogen-bond donors (Lipinski definition) is 3. The van der Waals surface area contributed by atoms with Crippen molar-refractivity contribution in [3.8, 4) is 0 Å². The molecule has 1 atom stereocenters. The standard InChI is InChI=1S/C19H20N6O5/c26-16-4-3-15(18(29)21-16)25-9-11-7-12(1-2-14(11)19(25)30)20-8-13-10-24(23-22-13)6-5-17(27)28/h1-2,7,10,15,20H,3-6,8-9H2,(H,27,28)(H,21,26,29). The lowest BCUT2D eigenvalue weighted by Gasteiger charge is -2.29. The number of nitrogens with zero attached hydrogens (tertiary/aromatic N) is 4. The molecule has 1 saturated heterocycles. The number of amides is 3. The van der Waals surface area contributed by atoms with Crippen molar-refractivity contribution in [2.75, 3.05) is 5.32 Å². The maximum atomic E-state index is 12.7. The Morgan fingerprint density at radius 3 is 2.90 bits per heavy atom. The lowest BCUT2D eigenvalue weighted by atomic mass is 10.0. The Morgan fingerprint density at radius 1 is 1.30 bits per heavy atom. The number of carbonyl (C=O) groups is 4. The first-order valence-corrected chi connectivity index (χ1v) is 9.53. The zero-order chi connectivity index (χ0) is 21.3. The molecule has 0 spiro atoms. The Labute approximate surface area is 171 Å². The molecule has 156 valence electrons. The summed E-state index contributed by atoms with van der Waals surface area (Å²) in [6, 6.07) is 4.71. The topological polar surface area (TPSA) is 147 Å². The Kier molecular flexibility index (Phi) is 5.17. The van der Waals surface area contributed by atoms with Crippen molar-refractivity contribution < 1.29 is 24.3 Å². The van der Waals surface area contributed by atoms with E-state index in [0.29, 0.717) is 30.8 Å². The maximum Gasteiger partial charge on any atom is 0.305 e. The summed E-state index contributed by atoms with van der Waals surface area (Å²) >= 11 is 0. The summed E-state index contributed by atoms with van der Waals surface area (Å²) in [5.41, 5.74) is 2.79. The van der Waals surface area contributed by atoms with Gasteiger partial charge in [0.2, 0.25) is 11.8 Å². The summed E-state index contributed by atoms with van der Waals surface area (Å²) in [5.74, 6) is -1.86. The van der Waals surface area contributed by atoms with Crippen molar-refractivity contribution in [3.05, 3.63) is 41.2 Å². The first-order valence-electron chi connectivity index (χ1n) is 9.53. The number of nitrogens with one attached hydrogen (secondary N) is 2. The monoisotopic (exact) mass is 412 g/mol. The smallest absolute Gasteiger partial charge is 0.305 e. The molecular weight excluding hydrogens is 392 g/mol. The third-order valence-corrected chi connectivity index (χ3v) is 5.14. The molecule has 1 aromatic heterocycles. The number of hydrogen-bond acceptors (Lipinski definition) is 7. The molecule has 0 bridgehead atoms. The summed E-state index contributed by atoms with van der Waals surface area (Å²) in [4.78, 5) is 48.3. The van der Waals surface area contributed by atoms with Gasteiger partial charge in [0.05, 0.1) is 25.7 Å². The molecule has 11 heteroatoms. The third-order valence-electron chi connectivity index (χ3n) is 5.14. The number of imide groups is 1. The highest BCUT2D eigenvalue weighted by molar-refractivity contribution is 6.05. The van der Waals surface area contributed by atoms with E-state index < -0.39 is 17.9 Å². The number of piperidine rings is 1. The van der Waals surface area contributed by atoms with Crippen LogP contribution in [0.25, 0.3) is 0 Å². The second-order valence-corrected chi connectivity index (χ2v) is 7.24. The van der Waals surface area contributed by atoms with Crippen LogP contribution in [0.15, 0.2) is 24.4 Å². The number of carboxylic acids is 1. The fraction of sp³-hybridized carbons (Fsp3) is 0.368. The molecule has 1 aromatic carbocycles. The van der Waals surface area contributed by atoms with Gasteiger partial charge in [-0.15, -0.1) is 5.10 Å². The van der Waals surface area contributed by atoms with E-state index >= 15 is 0 Å². The van der Waals surface area contributed by atoms with E-state index in [2.05, 4.69) is 20.9 Å². The van der Waals surface area contributed by atoms with Crippen molar-refractivity contribution in [1.82, 2.24) is 25.2 Å². The van der Waals surface area contributed by atoms with Crippen LogP contribution >= 0.6 is 0 Å². The molecule has 4 rings (SSSR count). The molecule has 3 N–H and O–H groups in total. The lowest BCUT2D eigenvalue weighted by molar-refractivity contribution is -0.138. The zero-order valence-corrected chi connectivity index (χ0v) is 16.0. The first-order chi connectivity index (χ1) is 14.4. The highest BCUT2D eigenvalue weighted by atomic mass is 16.4. The molecule has 1 unspecified atom stereocenters. The second kappa shape index (κ2) is 7.93. The summed E-state index contributed by atoms with van der Waals surface area (Å²) in [6.45, 7) is 0.942. The minimum Gasteiger partial charge on any atom is -0.481 e. The average Bonchev–Trinajstić information content (AvgIpc) is 3.29. The molecule has 3 amide bonds. The van der Waals surface area contributed by atoms with Gasteiger partial charge >= 0.3 is 5.97 Å². The number of carboxylic acid groups (broad SMARTS) is 1. The number of aliphatic carboxylic acids is 1. The van der Waals surface area contributed by atoms with Crippen molar-refractivity contribution >= 4 is 29.4 Å². The molecular formula is C19H20N6O5. The predicted octanol–water partition coefficient (Wildman–Crippen LogP) is 0.126. The van der Waals surface area contributed by atoms with Crippen molar-refractivity contribution in [2.24, 2.45) is 0 Å². The number of anilines is 1. The van der Waals surface area contributed by atoms with E-state index in [1.807, 2.05) is 6.07 Å². The largest absolute Gasteiger partial charge is 0.481 e. The minimum atomic E-state index is -0.899. The second-order valence-electron chi connectivity index (χ2n) is 7.24. The fourth-order valence-corrected chi connectivity index (χ4v) is 3.62. The number of fused-ring (bicyclic) bond motifs is 1. The Hall–Kier alpha value is -3.76. The zero-order valence-electron chi connectivity index (χ0n) is 16.0. The highest BCUT2D eigenvalue weighted by Gasteiger charge is 2.39. The lowest BCUT2D eigenvalue weighted by Crippen LogP contribution is -2.52. The van der Waals surface area contributed by atoms with E-state index in [0.717, 1.165) is 11.3 Å². The summed E-state index contributed by atoms with van der Waals surface area (Å²) in [5, 5.41) is 22.1. The Morgan fingerprint density at radius 2 is 2.13 bits per heavy atom. The molecule has 2 aliphatic rings. The van der Waals surface area contributed by atoms with Gasteiger partial charge in [-0.25, -0.2) is 0 Å². The van der Waals surface area contributed by atoms with E-state index in [-0.39, 0.29) is 31.2 Å². The number of carbonyl (C=O) groups excluding carboxylic acids is 3. The Bertz CT molecular complexity index is 1030. The SMILES string of the molecule is O=C(O)CCn1cc(CNc2ccc3c(c2)CN(C2CCC(=O)NC2=O)C3=O)nn1. The first kappa shape index (κ1) is 19.6. The number of aromatic nitrogens is 3. The van der Waals surface area contributed by atoms with Gasteiger partial charge < -0.3 is 15.3 Å². The summed E-state index contributed by atoms with van der Waals surface area (Å²) in [7, 11) is 0. The normalized spacial score (nSPS) is 18.3. The van der Waals surface area contributed by atoms with Gasteiger partial charge in [-0.2, -0.15) is 0 Å². The van der Waals surface area contributed by atoms with Gasteiger partial charge in [-0.1, -0.05) is 5.21 Å². The van der Waals surface area contributed by atoms with Crippen LogP contribution in [0.1, 0.15) is 40.9 Å². The molecule has 2 aliphatic heterocycles. The van der Waals surface area contributed by atoms with Crippen molar-refractivity contribution in [1.29, 1.82) is 0 Å². The molecule has 0 saturated carbocycles. The van der Waals surface area contributed by atoms with Gasteiger partial charge in [-0.3, -0.25) is 29.2 Å². The molecule has 0 aliphatic carbocycles. The predicted molar refractivity (Wildman–Crippen MR) is 102 cm³/mol. The van der Waals surface area contributed by atoms with E-state index in [1.54, 1.807) is 18.3 Å². The van der Waals surface area contributed by atoms with Crippen molar-refractivity contribution in [3.63, 3.8) is 0 Å². The average molecular weight is 412 g/mol. The van der Waals surface area contributed by atoms with Crippen LogP contribution < -0.4 is 10.6 Å². The van der Waals surface area contributed by atoms with Gasteiger partial charge in [0, 0.05) is 24.2 Å². The van der Waals surface area contributed by atoms with Crippen LogP contribution in [0.5, 0.6) is 0 Å². The fourth-order valence-electron chi connectivity index (χ4n) is 3.62. The van der Waals surface area contributed by atoms with Gasteiger partial charge in [0.25, 0.3) is 5.91 Å². The summed E-state index contributed by atoms with van der Waals surface area (Å²) in [6.07, 6.45) is 2.19. The van der Waals surface area contributed by atoms with Crippen LogP contribution in [0.3, 0.4) is 0 Å². The van der Waals surface area contributed by atoms with E-state index in [4.69, 9.17) is 5.11 Å². The molecule has 11 nitrogen and oxygen atoms in total. The van der Waals surface area contributed by atoms with Crippen LogP contribution in [0.2, 0.25) is 0 Å². The number of aryl methyl sites for hydroxylation is 1. The van der Waals surface area contributed by atoms with Gasteiger partial charge in [-0.05, 0) is 30.2 Å². The summed E-state index contributed by atoms with van der Waals surface area (Å²) < 4.78 is 1.48. The molecule has 3 heterocycles. The molecule has 1 fully saturated rings. The Balaban J connectivity index is 1.39. The molecule has 2 aromatic rings. The highest BCUT2D eigenvalue weighted by Crippen LogP contribution is 2.29. The molecule has 0 radical (unpaired) electrons. The minimum absolute atomic E-state index is 0.0290. The number of benzene rings is 1. The maximum absolute atomic E-state index is 12.7. The van der Waals surface area contributed by atoms with Crippen LogP contribution in [0.4, 0.5) is 5.69 Å².